The second-order valence-corrected chi connectivity index (χ2v) is 16.8. The van der Waals surface area contributed by atoms with Crippen LogP contribution >= 0.6 is 0 Å². The van der Waals surface area contributed by atoms with Gasteiger partial charge in [0.25, 0.3) is 0 Å². The summed E-state index contributed by atoms with van der Waals surface area (Å²) in [6.45, 7) is 0. The van der Waals surface area contributed by atoms with E-state index in [0.717, 1.165) is 11.4 Å². The highest BCUT2D eigenvalue weighted by molar-refractivity contribution is 6.12. The standard InChI is InChI=1S/C61H40N2/c1-3-18-41(19-4-1)42-20-15-21-43(36-42)44-22-16-23-45(37-44)46-24-17-27-48(38-46)63-57-34-13-9-30-51(57)52-39-60-56(40-59(52)63)61(53-31-10-7-28-49(53)50-29-8-11-32-54(50)61)55-33-12-14-35-58(55)62(60)47-25-5-2-6-26-47/h1-40H. The van der Waals surface area contributed by atoms with Gasteiger partial charge in [-0.25, -0.2) is 0 Å². The molecule has 0 bridgehead atoms. The Bertz CT molecular complexity index is 3530. The van der Waals surface area contributed by atoms with Crippen LogP contribution in [0.1, 0.15) is 22.3 Å². The maximum atomic E-state index is 2.53. The summed E-state index contributed by atoms with van der Waals surface area (Å²) in [5.74, 6) is 0. The average Bonchev–Trinajstić information content (AvgIpc) is 3.84. The molecule has 1 aromatic heterocycles. The number of aromatic nitrogens is 1. The van der Waals surface area contributed by atoms with Crippen molar-refractivity contribution in [1.82, 2.24) is 4.57 Å². The van der Waals surface area contributed by atoms with Crippen LogP contribution in [-0.4, -0.2) is 4.57 Å². The maximum Gasteiger partial charge on any atom is 0.0755 e. The molecule has 11 aromatic rings. The lowest BCUT2D eigenvalue weighted by Gasteiger charge is -2.45. The molecule has 1 spiro atoms. The fraction of sp³-hybridized carbons (Fsp3) is 0.0164. The van der Waals surface area contributed by atoms with E-state index in [1.54, 1.807) is 0 Å². The number of rotatable bonds is 5. The Labute approximate surface area is 367 Å². The minimum Gasteiger partial charge on any atom is -0.310 e. The fourth-order valence-corrected chi connectivity index (χ4v) is 10.9. The molecule has 2 heteroatoms. The molecule has 0 fully saturated rings. The molecular weight excluding hydrogens is 761 g/mol. The molecule has 2 heterocycles. The van der Waals surface area contributed by atoms with E-state index in [0.29, 0.717) is 0 Å². The molecule has 1 aliphatic carbocycles. The van der Waals surface area contributed by atoms with Crippen molar-refractivity contribution in [3.05, 3.63) is 265 Å². The van der Waals surface area contributed by atoms with Gasteiger partial charge in [-0.1, -0.05) is 182 Å². The summed E-state index contributed by atoms with van der Waals surface area (Å²) in [7, 11) is 0. The summed E-state index contributed by atoms with van der Waals surface area (Å²) in [4.78, 5) is 2.49. The van der Waals surface area contributed by atoms with Gasteiger partial charge in [0, 0.05) is 22.1 Å². The average molecular weight is 801 g/mol. The van der Waals surface area contributed by atoms with Gasteiger partial charge in [-0.05, 0) is 127 Å². The van der Waals surface area contributed by atoms with Crippen molar-refractivity contribution in [3.8, 4) is 50.2 Å². The number of hydrogen-bond acceptors (Lipinski definition) is 1. The van der Waals surface area contributed by atoms with Crippen molar-refractivity contribution >= 4 is 38.9 Å². The molecule has 294 valence electrons. The van der Waals surface area contributed by atoms with Gasteiger partial charge >= 0.3 is 0 Å². The largest absolute Gasteiger partial charge is 0.310 e. The third-order valence-electron chi connectivity index (χ3n) is 13.6. The van der Waals surface area contributed by atoms with Gasteiger partial charge in [0.15, 0.2) is 0 Å². The Morgan fingerprint density at radius 2 is 0.762 bits per heavy atom. The summed E-state index contributed by atoms with van der Waals surface area (Å²) in [6.07, 6.45) is 0. The van der Waals surface area contributed by atoms with Crippen LogP contribution in [-0.2, 0) is 5.41 Å². The lowest BCUT2D eigenvalue weighted by atomic mass is 9.64. The zero-order valence-electron chi connectivity index (χ0n) is 34.5. The summed E-state index contributed by atoms with van der Waals surface area (Å²) >= 11 is 0. The van der Waals surface area contributed by atoms with E-state index in [1.807, 2.05) is 0 Å². The molecule has 2 aliphatic rings. The highest BCUT2D eigenvalue weighted by Crippen LogP contribution is 2.64. The zero-order valence-corrected chi connectivity index (χ0v) is 34.5. The number of fused-ring (bicyclic) bond motifs is 12. The van der Waals surface area contributed by atoms with E-state index >= 15 is 0 Å². The molecule has 1 aliphatic heterocycles. The van der Waals surface area contributed by atoms with Gasteiger partial charge in [-0.15, -0.1) is 0 Å². The summed E-state index contributed by atoms with van der Waals surface area (Å²) < 4.78 is 2.50. The number of benzene rings is 10. The van der Waals surface area contributed by atoms with E-state index in [2.05, 4.69) is 252 Å². The molecule has 2 nitrogen and oxygen atoms in total. The van der Waals surface area contributed by atoms with Crippen LogP contribution in [0.2, 0.25) is 0 Å². The predicted molar refractivity (Wildman–Crippen MR) is 263 cm³/mol. The lowest BCUT2D eigenvalue weighted by Crippen LogP contribution is -2.36. The van der Waals surface area contributed by atoms with Crippen LogP contribution in [0.15, 0.2) is 243 Å². The van der Waals surface area contributed by atoms with Crippen molar-refractivity contribution in [2.24, 2.45) is 0 Å². The summed E-state index contributed by atoms with van der Waals surface area (Å²) in [5.41, 5.74) is 21.5. The lowest BCUT2D eigenvalue weighted by molar-refractivity contribution is 0.753. The van der Waals surface area contributed by atoms with Gasteiger partial charge in [0.2, 0.25) is 0 Å². The highest BCUT2D eigenvalue weighted by Gasteiger charge is 2.52. The number of para-hydroxylation sites is 3. The molecule has 63 heavy (non-hydrogen) atoms. The van der Waals surface area contributed by atoms with Crippen LogP contribution in [0.5, 0.6) is 0 Å². The molecule has 13 rings (SSSR count). The molecule has 0 unspecified atom stereocenters. The molecule has 0 saturated heterocycles. The van der Waals surface area contributed by atoms with E-state index in [-0.39, 0.29) is 0 Å². The Hall–Kier alpha value is -8.20. The van der Waals surface area contributed by atoms with Crippen molar-refractivity contribution in [2.45, 2.75) is 5.41 Å². The normalized spacial score (nSPS) is 13.2. The molecule has 0 atom stereocenters. The van der Waals surface area contributed by atoms with Gasteiger partial charge in [-0.2, -0.15) is 0 Å². The Morgan fingerprint density at radius 1 is 0.270 bits per heavy atom. The van der Waals surface area contributed by atoms with Crippen LogP contribution in [0.3, 0.4) is 0 Å². The third kappa shape index (κ3) is 5.25. The van der Waals surface area contributed by atoms with Gasteiger partial charge in [0.05, 0.1) is 27.8 Å². The second kappa shape index (κ2) is 13.9. The minimum atomic E-state index is -0.542. The molecule has 0 amide bonds. The molecule has 0 radical (unpaired) electrons. The molecule has 0 saturated carbocycles. The van der Waals surface area contributed by atoms with Crippen LogP contribution in [0, 0.1) is 0 Å². The number of hydrogen-bond donors (Lipinski definition) is 0. The van der Waals surface area contributed by atoms with Crippen LogP contribution in [0.25, 0.3) is 72.0 Å². The van der Waals surface area contributed by atoms with E-state index in [4.69, 9.17) is 0 Å². The zero-order chi connectivity index (χ0) is 41.5. The summed E-state index contributed by atoms with van der Waals surface area (Å²) in [6, 6.07) is 89.6. The Balaban J connectivity index is 1.05. The van der Waals surface area contributed by atoms with E-state index in [9.17, 15) is 0 Å². The quantitative estimate of drug-likeness (QED) is 0.168. The Kier molecular flexibility index (Phi) is 7.85. The monoisotopic (exact) mass is 800 g/mol. The van der Waals surface area contributed by atoms with Crippen LogP contribution < -0.4 is 4.90 Å². The van der Waals surface area contributed by atoms with E-state index in [1.165, 1.54) is 99.9 Å². The smallest absolute Gasteiger partial charge is 0.0755 e. The SMILES string of the molecule is c1ccc(-c2cccc(-c3cccc(-c4cccc(-n5c6ccccc6c6cc7c(cc65)C5(c6ccccc6-c6ccccc65)c5ccccc5N7c5ccccc5)c4)c3)c2)cc1. The first-order valence-electron chi connectivity index (χ1n) is 21.8. The first kappa shape index (κ1) is 35.5. The van der Waals surface area contributed by atoms with Crippen molar-refractivity contribution in [2.75, 3.05) is 4.90 Å². The van der Waals surface area contributed by atoms with Crippen LogP contribution in [0.4, 0.5) is 17.1 Å². The van der Waals surface area contributed by atoms with Crippen molar-refractivity contribution in [3.63, 3.8) is 0 Å². The van der Waals surface area contributed by atoms with Crippen molar-refractivity contribution < 1.29 is 0 Å². The first-order chi connectivity index (χ1) is 31.3. The summed E-state index contributed by atoms with van der Waals surface area (Å²) in [5, 5.41) is 2.46. The first-order valence-corrected chi connectivity index (χ1v) is 21.8. The van der Waals surface area contributed by atoms with Gasteiger partial charge in [0.1, 0.15) is 0 Å². The second-order valence-electron chi connectivity index (χ2n) is 16.8. The number of nitrogens with zero attached hydrogens (tertiary/aromatic N) is 2. The fourth-order valence-electron chi connectivity index (χ4n) is 10.9. The maximum absolute atomic E-state index is 2.53. The van der Waals surface area contributed by atoms with Gasteiger partial charge in [-0.3, -0.25) is 0 Å². The minimum absolute atomic E-state index is 0.542. The molecule has 0 N–H and O–H groups in total. The topological polar surface area (TPSA) is 8.17 Å². The third-order valence-corrected chi connectivity index (χ3v) is 13.6. The van der Waals surface area contributed by atoms with E-state index < -0.39 is 5.41 Å². The number of anilines is 3. The predicted octanol–water partition coefficient (Wildman–Crippen LogP) is 15.9. The molecule has 10 aromatic carbocycles. The van der Waals surface area contributed by atoms with Gasteiger partial charge < -0.3 is 9.47 Å². The van der Waals surface area contributed by atoms with Crippen molar-refractivity contribution in [1.29, 1.82) is 0 Å². The Morgan fingerprint density at radius 3 is 1.44 bits per heavy atom. The highest BCUT2D eigenvalue weighted by atomic mass is 15.2. The molecular formula is C61H40N2.